The SMILES string of the molecule is NC[C@@H]1CC[C@H](CC(N)=O)N1C(=O)c1ccccc1F. The molecule has 0 unspecified atom stereocenters. The molecule has 1 aromatic carbocycles. The van der Waals surface area contributed by atoms with Crippen molar-refractivity contribution in [2.24, 2.45) is 11.5 Å². The molecule has 1 heterocycles. The molecule has 0 aromatic heterocycles. The quantitative estimate of drug-likeness (QED) is 0.847. The van der Waals surface area contributed by atoms with Gasteiger partial charge in [0, 0.05) is 25.0 Å². The topological polar surface area (TPSA) is 89.4 Å². The molecular formula is C14H18FN3O2. The predicted octanol–water partition coefficient (Wildman–Crippen LogP) is 0.633. The molecule has 0 bridgehead atoms. The van der Waals surface area contributed by atoms with E-state index >= 15 is 0 Å². The van der Waals surface area contributed by atoms with Gasteiger partial charge in [0.05, 0.1) is 5.56 Å². The monoisotopic (exact) mass is 279 g/mol. The Labute approximate surface area is 116 Å². The molecule has 20 heavy (non-hydrogen) atoms. The first-order valence-electron chi connectivity index (χ1n) is 6.60. The number of primary amides is 1. The lowest BCUT2D eigenvalue weighted by Gasteiger charge is -2.29. The van der Waals surface area contributed by atoms with Gasteiger partial charge in [-0.05, 0) is 25.0 Å². The van der Waals surface area contributed by atoms with Gasteiger partial charge in [-0.15, -0.1) is 0 Å². The Kier molecular flexibility index (Phi) is 4.34. The molecule has 1 aliphatic heterocycles. The van der Waals surface area contributed by atoms with E-state index in [2.05, 4.69) is 0 Å². The number of halogens is 1. The Morgan fingerprint density at radius 3 is 2.50 bits per heavy atom. The van der Waals surface area contributed by atoms with Crippen LogP contribution in [0.1, 0.15) is 29.6 Å². The summed E-state index contributed by atoms with van der Waals surface area (Å²) in [5, 5.41) is 0. The highest BCUT2D eigenvalue weighted by atomic mass is 19.1. The van der Waals surface area contributed by atoms with Crippen LogP contribution in [0.4, 0.5) is 4.39 Å². The highest BCUT2D eigenvalue weighted by Gasteiger charge is 2.37. The lowest BCUT2D eigenvalue weighted by molar-refractivity contribution is -0.118. The number of nitrogens with zero attached hydrogens (tertiary/aromatic N) is 1. The fraction of sp³-hybridized carbons (Fsp3) is 0.429. The highest BCUT2D eigenvalue weighted by molar-refractivity contribution is 5.95. The fourth-order valence-corrected chi connectivity index (χ4v) is 2.73. The van der Waals surface area contributed by atoms with E-state index < -0.39 is 17.6 Å². The number of benzene rings is 1. The summed E-state index contributed by atoms with van der Waals surface area (Å²) < 4.78 is 13.7. The van der Waals surface area contributed by atoms with Gasteiger partial charge in [0.15, 0.2) is 0 Å². The van der Waals surface area contributed by atoms with Crippen molar-refractivity contribution in [3.05, 3.63) is 35.6 Å². The van der Waals surface area contributed by atoms with Crippen molar-refractivity contribution in [2.75, 3.05) is 6.54 Å². The minimum Gasteiger partial charge on any atom is -0.370 e. The minimum absolute atomic E-state index is 0.00215. The van der Waals surface area contributed by atoms with E-state index in [-0.39, 0.29) is 30.6 Å². The summed E-state index contributed by atoms with van der Waals surface area (Å²) in [4.78, 5) is 25.1. The van der Waals surface area contributed by atoms with Gasteiger partial charge in [0.25, 0.3) is 5.91 Å². The van der Waals surface area contributed by atoms with Gasteiger partial charge < -0.3 is 16.4 Å². The number of rotatable bonds is 4. The molecule has 5 nitrogen and oxygen atoms in total. The summed E-state index contributed by atoms with van der Waals surface area (Å²) in [5.41, 5.74) is 10.9. The van der Waals surface area contributed by atoms with Crippen molar-refractivity contribution in [1.82, 2.24) is 4.90 Å². The number of hydrogen-bond donors (Lipinski definition) is 2. The molecule has 1 aliphatic rings. The normalized spacial score (nSPS) is 22.0. The molecule has 0 radical (unpaired) electrons. The molecule has 2 amide bonds. The number of nitrogens with two attached hydrogens (primary N) is 2. The number of carbonyl (C=O) groups excluding carboxylic acids is 2. The standard InChI is InChI=1S/C14H18FN3O2/c15-12-4-2-1-3-11(12)14(20)18-9(7-13(17)19)5-6-10(18)8-16/h1-4,9-10H,5-8,16H2,(H2,17,19)/t9-,10+/m1/s1. The molecule has 1 saturated heterocycles. The summed E-state index contributed by atoms with van der Waals surface area (Å²) in [6.07, 6.45) is 1.44. The van der Waals surface area contributed by atoms with Crippen LogP contribution < -0.4 is 11.5 Å². The summed E-state index contributed by atoms with van der Waals surface area (Å²) in [7, 11) is 0. The van der Waals surface area contributed by atoms with E-state index in [1.807, 2.05) is 0 Å². The number of amides is 2. The van der Waals surface area contributed by atoms with E-state index in [9.17, 15) is 14.0 Å². The van der Waals surface area contributed by atoms with Gasteiger partial charge in [-0.3, -0.25) is 9.59 Å². The second-order valence-corrected chi connectivity index (χ2v) is 4.98. The van der Waals surface area contributed by atoms with Gasteiger partial charge in [-0.25, -0.2) is 4.39 Å². The van der Waals surface area contributed by atoms with Crippen molar-refractivity contribution >= 4 is 11.8 Å². The van der Waals surface area contributed by atoms with Crippen molar-refractivity contribution in [2.45, 2.75) is 31.3 Å². The number of hydrogen-bond acceptors (Lipinski definition) is 3. The van der Waals surface area contributed by atoms with Gasteiger partial charge >= 0.3 is 0 Å². The van der Waals surface area contributed by atoms with Crippen molar-refractivity contribution in [1.29, 1.82) is 0 Å². The van der Waals surface area contributed by atoms with Crippen LogP contribution in [-0.2, 0) is 4.79 Å². The Bertz CT molecular complexity index is 521. The van der Waals surface area contributed by atoms with Crippen LogP contribution in [0.15, 0.2) is 24.3 Å². The predicted molar refractivity (Wildman–Crippen MR) is 72.2 cm³/mol. The molecule has 6 heteroatoms. The van der Waals surface area contributed by atoms with Gasteiger partial charge in [0.1, 0.15) is 5.82 Å². The van der Waals surface area contributed by atoms with Gasteiger partial charge in [0.2, 0.25) is 5.91 Å². The summed E-state index contributed by atoms with van der Waals surface area (Å²) in [6, 6.07) is 5.33. The van der Waals surface area contributed by atoms with E-state index in [0.29, 0.717) is 12.8 Å². The Hall–Kier alpha value is -1.95. The zero-order valence-electron chi connectivity index (χ0n) is 11.1. The maximum atomic E-state index is 13.7. The van der Waals surface area contributed by atoms with E-state index in [1.165, 1.54) is 23.1 Å². The molecule has 2 atom stereocenters. The summed E-state index contributed by atoms with van der Waals surface area (Å²) in [6.45, 7) is 0.287. The van der Waals surface area contributed by atoms with Gasteiger partial charge in [-0.1, -0.05) is 12.1 Å². The Morgan fingerprint density at radius 1 is 1.25 bits per heavy atom. The number of likely N-dealkylation sites (tertiary alicyclic amines) is 1. The third kappa shape index (κ3) is 2.80. The van der Waals surface area contributed by atoms with Crippen LogP contribution in [0.25, 0.3) is 0 Å². The molecule has 0 aliphatic carbocycles. The third-order valence-electron chi connectivity index (χ3n) is 3.67. The van der Waals surface area contributed by atoms with Crippen LogP contribution in [0.2, 0.25) is 0 Å². The summed E-state index contributed by atoms with van der Waals surface area (Å²) in [5.74, 6) is -1.47. The maximum absolute atomic E-state index is 13.7. The lowest BCUT2D eigenvalue weighted by atomic mass is 10.1. The molecular weight excluding hydrogens is 261 g/mol. The molecule has 108 valence electrons. The number of carbonyl (C=O) groups is 2. The molecule has 0 spiro atoms. The van der Waals surface area contributed by atoms with Crippen molar-refractivity contribution in [3.63, 3.8) is 0 Å². The smallest absolute Gasteiger partial charge is 0.257 e. The maximum Gasteiger partial charge on any atom is 0.257 e. The average molecular weight is 279 g/mol. The second kappa shape index (κ2) is 6.00. The molecule has 2 rings (SSSR count). The Balaban J connectivity index is 2.28. The van der Waals surface area contributed by atoms with Crippen LogP contribution >= 0.6 is 0 Å². The zero-order chi connectivity index (χ0) is 14.7. The molecule has 0 saturated carbocycles. The van der Waals surface area contributed by atoms with Crippen LogP contribution in [0.3, 0.4) is 0 Å². The van der Waals surface area contributed by atoms with Crippen LogP contribution in [0.5, 0.6) is 0 Å². The lowest BCUT2D eigenvalue weighted by Crippen LogP contribution is -2.46. The van der Waals surface area contributed by atoms with E-state index in [1.54, 1.807) is 6.07 Å². The first-order chi connectivity index (χ1) is 9.54. The molecule has 1 fully saturated rings. The van der Waals surface area contributed by atoms with Crippen LogP contribution in [-0.4, -0.2) is 35.3 Å². The second-order valence-electron chi connectivity index (χ2n) is 4.98. The highest BCUT2D eigenvalue weighted by Crippen LogP contribution is 2.28. The first-order valence-corrected chi connectivity index (χ1v) is 6.60. The zero-order valence-corrected chi connectivity index (χ0v) is 11.1. The van der Waals surface area contributed by atoms with Crippen LogP contribution in [0, 0.1) is 5.82 Å². The minimum atomic E-state index is -0.571. The van der Waals surface area contributed by atoms with Gasteiger partial charge in [-0.2, -0.15) is 0 Å². The van der Waals surface area contributed by atoms with Crippen molar-refractivity contribution < 1.29 is 14.0 Å². The molecule has 1 aromatic rings. The first kappa shape index (κ1) is 14.5. The Morgan fingerprint density at radius 2 is 1.90 bits per heavy atom. The molecule has 4 N–H and O–H groups in total. The fourth-order valence-electron chi connectivity index (χ4n) is 2.73. The largest absolute Gasteiger partial charge is 0.370 e. The van der Waals surface area contributed by atoms with E-state index in [4.69, 9.17) is 11.5 Å². The van der Waals surface area contributed by atoms with E-state index in [0.717, 1.165) is 0 Å². The average Bonchev–Trinajstić information content (AvgIpc) is 2.80. The van der Waals surface area contributed by atoms with Crippen molar-refractivity contribution in [3.8, 4) is 0 Å². The third-order valence-corrected chi connectivity index (χ3v) is 3.67. The summed E-state index contributed by atoms with van der Waals surface area (Å²) >= 11 is 0.